The van der Waals surface area contributed by atoms with Crippen LogP contribution in [0.3, 0.4) is 0 Å². The van der Waals surface area contributed by atoms with Crippen LogP contribution in [0, 0.1) is 5.92 Å². The van der Waals surface area contributed by atoms with E-state index in [2.05, 4.69) is 24.3 Å². The Labute approximate surface area is 124 Å². The minimum Gasteiger partial charge on any atom is -0.466 e. The third-order valence-corrected chi connectivity index (χ3v) is 3.96. The van der Waals surface area contributed by atoms with Crippen molar-refractivity contribution in [1.82, 2.24) is 5.06 Å². The van der Waals surface area contributed by atoms with Gasteiger partial charge < -0.3 is 4.74 Å². The standard InChI is InChI=1S/C17H19NO3/c1-3-20-17(19)15-11-21-18(2)16(15)14-10-9-12-7-5-4-6-8-13(12)14/h4-10,15-16H,3,11H2,1-2H3. The topological polar surface area (TPSA) is 38.8 Å². The third-order valence-electron chi connectivity index (χ3n) is 3.96. The zero-order chi connectivity index (χ0) is 14.8. The first kappa shape index (κ1) is 14.0. The van der Waals surface area contributed by atoms with E-state index < -0.39 is 0 Å². The summed E-state index contributed by atoms with van der Waals surface area (Å²) in [5.41, 5.74) is 3.42. The number of carbonyl (C=O) groups is 1. The molecule has 1 fully saturated rings. The summed E-state index contributed by atoms with van der Waals surface area (Å²) in [7, 11) is 1.87. The molecule has 3 rings (SSSR count). The predicted molar refractivity (Wildman–Crippen MR) is 79.6 cm³/mol. The number of fused-ring (bicyclic) bond motifs is 1. The number of ether oxygens (including phenoxy) is 1. The smallest absolute Gasteiger partial charge is 0.313 e. The largest absolute Gasteiger partial charge is 0.466 e. The van der Waals surface area contributed by atoms with Crippen LogP contribution in [0.25, 0.3) is 11.1 Å². The fourth-order valence-corrected chi connectivity index (χ4v) is 2.98. The Morgan fingerprint density at radius 1 is 1.29 bits per heavy atom. The predicted octanol–water partition coefficient (Wildman–Crippen LogP) is 2.89. The van der Waals surface area contributed by atoms with E-state index in [0.717, 1.165) is 16.7 Å². The molecule has 0 aromatic rings. The first-order valence-corrected chi connectivity index (χ1v) is 7.22. The van der Waals surface area contributed by atoms with E-state index in [1.807, 2.05) is 32.2 Å². The molecule has 0 radical (unpaired) electrons. The Bertz CT molecular complexity index is 613. The second-order valence-electron chi connectivity index (χ2n) is 5.21. The van der Waals surface area contributed by atoms with Crippen molar-refractivity contribution in [3.8, 4) is 11.1 Å². The van der Waals surface area contributed by atoms with Gasteiger partial charge in [-0.3, -0.25) is 9.63 Å². The Balaban J connectivity index is 1.98. The SMILES string of the molecule is CCOC(=O)C1CON(C)C1c1ccc2cccccc1-2. The highest BCUT2D eigenvalue weighted by molar-refractivity contribution is 5.77. The van der Waals surface area contributed by atoms with Gasteiger partial charge in [-0.2, -0.15) is 5.06 Å². The number of hydrogen-bond donors (Lipinski definition) is 0. The second-order valence-corrected chi connectivity index (χ2v) is 5.21. The van der Waals surface area contributed by atoms with E-state index in [4.69, 9.17) is 9.57 Å². The molecule has 2 unspecified atom stereocenters. The summed E-state index contributed by atoms with van der Waals surface area (Å²) in [4.78, 5) is 17.7. The molecule has 0 aromatic heterocycles. The number of hydroxylamine groups is 2. The maximum atomic E-state index is 12.2. The molecule has 4 nitrogen and oxygen atoms in total. The van der Waals surface area contributed by atoms with Gasteiger partial charge in [0.2, 0.25) is 0 Å². The maximum Gasteiger partial charge on any atom is 0.313 e. The number of carbonyl (C=O) groups excluding carboxylic acids is 1. The summed E-state index contributed by atoms with van der Waals surface area (Å²) >= 11 is 0. The van der Waals surface area contributed by atoms with Crippen molar-refractivity contribution in [2.24, 2.45) is 5.92 Å². The molecular weight excluding hydrogens is 266 g/mol. The van der Waals surface area contributed by atoms with E-state index in [1.54, 1.807) is 5.06 Å². The van der Waals surface area contributed by atoms with Gasteiger partial charge in [0.1, 0.15) is 5.92 Å². The van der Waals surface area contributed by atoms with E-state index in [-0.39, 0.29) is 17.9 Å². The number of esters is 1. The summed E-state index contributed by atoms with van der Waals surface area (Å²) in [6, 6.07) is 14.2. The molecule has 1 aliphatic heterocycles. The fraction of sp³-hybridized carbons (Fsp3) is 0.353. The second kappa shape index (κ2) is 5.84. The average molecular weight is 285 g/mol. The van der Waals surface area contributed by atoms with E-state index in [1.165, 1.54) is 0 Å². The monoisotopic (exact) mass is 285 g/mol. The quantitative estimate of drug-likeness (QED) is 0.813. The molecular formula is C17H19NO3. The van der Waals surface area contributed by atoms with Crippen molar-refractivity contribution >= 4 is 5.97 Å². The van der Waals surface area contributed by atoms with Crippen LogP contribution >= 0.6 is 0 Å². The highest BCUT2D eigenvalue weighted by atomic mass is 16.7. The van der Waals surface area contributed by atoms with Gasteiger partial charge in [-0.25, -0.2) is 0 Å². The van der Waals surface area contributed by atoms with E-state index in [0.29, 0.717) is 13.2 Å². The fourth-order valence-electron chi connectivity index (χ4n) is 2.98. The molecule has 0 N–H and O–H groups in total. The van der Waals surface area contributed by atoms with Crippen molar-refractivity contribution in [2.45, 2.75) is 13.0 Å². The van der Waals surface area contributed by atoms with Gasteiger partial charge in [0, 0.05) is 7.05 Å². The summed E-state index contributed by atoms with van der Waals surface area (Å²) in [6.45, 7) is 2.58. The van der Waals surface area contributed by atoms with Crippen LogP contribution in [0.2, 0.25) is 0 Å². The van der Waals surface area contributed by atoms with Crippen LogP contribution in [0.4, 0.5) is 0 Å². The van der Waals surface area contributed by atoms with Gasteiger partial charge in [0.25, 0.3) is 0 Å². The van der Waals surface area contributed by atoms with Gasteiger partial charge >= 0.3 is 5.97 Å². The highest BCUT2D eigenvalue weighted by Gasteiger charge is 2.41. The zero-order valence-corrected chi connectivity index (χ0v) is 12.3. The lowest BCUT2D eigenvalue weighted by atomic mass is 9.93. The summed E-state index contributed by atoms with van der Waals surface area (Å²) < 4.78 is 5.19. The molecule has 21 heavy (non-hydrogen) atoms. The van der Waals surface area contributed by atoms with Crippen LogP contribution in [-0.2, 0) is 14.4 Å². The molecule has 0 aromatic carbocycles. The summed E-state index contributed by atoms with van der Waals surface area (Å²) in [6.07, 6.45) is 0. The molecule has 4 heteroatoms. The van der Waals surface area contributed by atoms with Crippen molar-refractivity contribution in [3.63, 3.8) is 0 Å². The van der Waals surface area contributed by atoms with E-state index >= 15 is 0 Å². The summed E-state index contributed by atoms with van der Waals surface area (Å²) in [5, 5.41) is 1.77. The van der Waals surface area contributed by atoms with Crippen LogP contribution in [0.1, 0.15) is 18.5 Å². The number of rotatable bonds is 3. The normalized spacial score (nSPS) is 22.6. The molecule has 3 aliphatic rings. The van der Waals surface area contributed by atoms with E-state index in [9.17, 15) is 4.79 Å². The molecule has 0 spiro atoms. The Hall–Kier alpha value is -1.91. The Kier molecular flexibility index (Phi) is 3.90. The zero-order valence-electron chi connectivity index (χ0n) is 12.3. The molecule has 0 bridgehead atoms. The van der Waals surface area contributed by atoms with Gasteiger partial charge in [-0.15, -0.1) is 0 Å². The lowest BCUT2D eigenvalue weighted by Crippen LogP contribution is -2.27. The van der Waals surface area contributed by atoms with Crippen molar-refractivity contribution in [2.75, 3.05) is 20.3 Å². The minimum absolute atomic E-state index is 0.107. The van der Waals surface area contributed by atoms with Gasteiger partial charge in [0.15, 0.2) is 0 Å². The van der Waals surface area contributed by atoms with Crippen LogP contribution in [0.15, 0.2) is 42.5 Å². The van der Waals surface area contributed by atoms with Gasteiger partial charge in [-0.1, -0.05) is 42.5 Å². The third kappa shape index (κ3) is 2.52. The molecule has 0 amide bonds. The van der Waals surface area contributed by atoms with Crippen LogP contribution in [0.5, 0.6) is 0 Å². The van der Waals surface area contributed by atoms with Gasteiger partial charge in [0.05, 0.1) is 19.3 Å². The summed E-state index contributed by atoms with van der Waals surface area (Å²) in [5.74, 6) is -0.479. The molecule has 0 saturated carbocycles. The molecule has 1 saturated heterocycles. The first-order chi connectivity index (χ1) is 10.2. The van der Waals surface area contributed by atoms with Crippen molar-refractivity contribution < 1.29 is 14.4 Å². The minimum atomic E-state index is -0.286. The van der Waals surface area contributed by atoms with Crippen LogP contribution < -0.4 is 0 Å². The Morgan fingerprint density at radius 3 is 2.90 bits per heavy atom. The maximum absolute atomic E-state index is 12.2. The number of nitrogens with zero attached hydrogens (tertiary/aromatic N) is 1. The van der Waals surface area contributed by atoms with Gasteiger partial charge in [-0.05, 0) is 23.6 Å². The molecule has 110 valence electrons. The first-order valence-electron chi connectivity index (χ1n) is 7.22. The highest BCUT2D eigenvalue weighted by Crippen LogP contribution is 2.41. The average Bonchev–Trinajstić information content (AvgIpc) is 2.94. The molecule has 2 atom stereocenters. The Morgan fingerprint density at radius 2 is 2.10 bits per heavy atom. The van der Waals surface area contributed by atoms with Crippen molar-refractivity contribution in [1.29, 1.82) is 0 Å². The lowest BCUT2D eigenvalue weighted by molar-refractivity contribution is -0.148. The van der Waals surface area contributed by atoms with Crippen LogP contribution in [-0.4, -0.2) is 31.3 Å². The van der Waals surface area contributed by atoms with Crippen molar-refractivity contribution in [3.05, 3.63) is 48.0 Å². The lowest BCUT2D eigenvalue weighted by Gasteiger charge is -2.22. The molecule has 1 heterocycles. The molecule has 2 aliphatic carbocycles. The number of hydrogen-bond acceptors (Lipinski definition) is 4.